The average molecular weight is 354 g/mol. The predicted molar refractivity (Wildman–Crippen MR) is 93.2 cm³/mol. The van der Waals surface area contributed by atoms with Gasteiger partial charge in [0, 0.05) is 29.9 Å². The zero-order valence-electron chi connectivity index (χ0n) is 13.8. The molecule has 0 amide bonds. The van der Waals surface area contributed by atoms with Crippen LogP contribution in [0.15, 0.2) is 16.3 Å². The molecule has 1 fully saturated rings. The van der Waals surface area contributed by atoms with Gasteiger partial charge >= 0.3 is 0 Å². The van der Waals surface area contributed by atoms with Gasteiger partial charge in [-0.3, -0.25) is 0 Å². The Balaban J connectivity index is 1.93. The summed E-state index contributed by atoms with van der Waals surface area (Å²) in [6.07, 6.45) is 5.28. The Kier molecular flexibility index (Phi) is 4.62. The Morgan fingerprint density at radius 1 is 1.26 bits per heavy atom. The summed E-state index contributed by atoms with van der Waals surface area (Å²) >= 11 is 1.54. The van der Waals surface area contributed by atoms with E-state index in [4.69, 9.17) is 0 Å². The van der Waals surface area contributed by atoms with Crippen molar-refractivity contribution in [3.63, 3.8) is 0 Å². The average Bonchev–Trinajstić information content (AvgIpc) is 3.05. The van der Waals surface area contributed by atoms with Crippen molar-refractivity contribution in [3.8, 4) is 10.7 Å². The molecule has 2 aromatic heterocycles. The third-order valence-electron chi connectivity index (χ3n) is 4.54. The highest BCUT2D eigenvalue weighted by Crippen LogP contribution is 2.30. The molecular weight excluding hydrogens is 330 g/mol. The number of nitrogens with one attached hydrogen (secondary N) is 1. The first-order valence-corrected chi connectivity index (χ1v) is 10.4. The molecule has 0 atom stereocenters. The van der Waals surface area contributed by atoms with Crippen molar-refractivity contribution in [1.29, 1.82) is 0 Å². The SMILES string of the molecule is Cc1csc(-c2cc(S(=O)(=O)NC3CCCCC3)c(C)n2C)n1. The number of aromatic nitrogens is 2. The maximum absolute atomic E-state index is 12.8. The van der Waals surface area contributed by atoms with Gasteiger partial charge in [0.05, 0.1) is 5.69 Å². The summed E-state index contributed by atoms with van der Waals surface area (Å²) in [4.78, 5) is 4.85. The zero-order chi connectivity index (χ0) is 16.6. The van der Waals surface area contributed by atoms with Gasteiger partial charge < -0.3 is 4.57 Å². The summed E-state index contributed by atoms with van der Waals surface area (Å²) < 4.78 is 30.4. The molecule has 23 heavy (non-hydrogen) atoms. The van der Waals surface area contributed by atoms with Crippen molar-refractivity contribution in [1.82, 2.24) is 14.3 Å². The second-order valence-corrected chi connectivity index (χ2v) is 8.83. The summed E-state index contributed by atoms with van der Waals surface area (Å²) in [5.41, 5.74) is 2.55. The summed E-state index contributed by atoms with van der Waals surface area (Å²) in [6, 6.07) is 1.82. The standard InChI is InChI=1S/C16H23N3O2S2/c1-11-10-22-16(17-11)14-9-15(12(2)19(14)3)23(20,21)18-13-7-5-4-6-8-13/h9-10,13,18H,4-8H2,1-3H3. The first-order chi connectivity index (χ1) is 10.9. The van der Waals surface area contributed by atoms with Crippen LogP contribution in [-0.4, -0.2) is 24.0 Å². The van der Waals surface area contributed by atoms with Crippen LogP contribution in [-0.2, 0) is 17.1 Å². The van der Waals surface area contributed by atoms with Crippen molar-refractivity contribution < 1.29 is 8.42 Å². The molecule has 0 spiro atoms. The van der Waals surface area contributed by atoms with E-state index in [0.717, 1.165) is 47.8 Å². The number of hydrogen-bond acceptors (Lipinski definition) is 4. The summed E-state index contributed by atoms with van der Waals surface area (Å²) in [5.74, 6) is 0. The molecule has 0 bridgehead atoms. The van der Waals surface area contributed by atoms with Gasteiger partial charge in [0.15, 0.2) is 0 Å². The highest BCUT2D eigenvalue weighted by Gasteiger charge is 2.26. The Bertz CT molecular complexity index is 799. The van der Waals surface area contributed by atoms with Gasteiger partial charge in [-0.05, 0) is 32.8 Å². The topological polar surface area (TPSA) is 64.0 Å². The molecule has 1 aliphatic carbocycles. The lowest BCUT2D eigenvalue weighted by Crippen LogP contribution is -2.36. The van der Waals surface area contributed by atoms with E-state index in [1.54, 1.807) is 6.07 Å². The lowest BCUT2D eigenvalue weighted by Gasteiger charge is -2.22. The minimum absolute atomic E-state index is 0.0684. The summed E-state index contributed by atoms with van der Waals surface area (Å²) in [5, 5.41) is 2.83. The van der Waals surface area contributed by atoms with Gasteiger partial charge in [0.25, 0.3) is 0 Å². The van der Waals surface area contributed by atoms with Crippen LogP contribution >= 0.6 is 11.3 Å². The molecule has 1 saturated carbocycles. The van der Waals surface area contributed by atoms with Crippen molar-refractivity contribution in [2.75, 3.05) is 0 Å². The molecule has 0 saturated heterocycles. The summed E-state index contributed by atoms with van der Waals surface area (Å²) in [7, 11) is -1.60. The Labute approximate surface area is 141 Å². The Hall–Kier alpha value is -1.18. The van der Waals surface area contributed by atoms with Gasteiger partial charge in [-0.1, -0.05) is 19.3 Å². The van der Waals surface area contributed by atoms with Crippen molar-refractivity contribution in [2.45, 2.75) is 56.9 Å². The molecule has 3 rings (SSSR count). The first-order valence-electron chi connectivity index (χ1n) is 7.99. The highest BCUT2D eigenvalue weighted by molar-refractivity contribution is 7.89. The molecule has 0 aromatic carbocycles. The fourth-order valence-corrected chi connectivity index (χ4v) is 5.57. The Morgan fingerprint density at radius 3 is 2.57 bits per heavy atom. The van der Waals surface area contributed by atoms with Crippen LogP contribution in [0.2, 0.25) is 0 Å². The van der Waals surface area contributed by atoms with Crippen molar-refractivity contribution in [2.24, 2.45) is 7.05 Å². The second kappa shape index (κ2) is 6.37. The number of thiazole rings is 1. The monoisotopic (exact) mass is 353 g/mol. The molecule has 7 heteroatoms. The number of rotatable bonds is 4. The normalized spacial score (nSPS) is 16.8. The van der Waals surface area contributed by atoms with Crippen LogP contribution in [0.4, 0.5) is 0 Å². The fourth-order valence-electron chi connectivity index (χ4n) is 3.12. The van der Waals surface area contributed by atoms with Crippen molar-refractivity contribution >= 4 is 21.4 Å². The molecule has 0 aliphatic heterocycles. The van der Waals surface area contributed by atoms with E-state index >= 15 is 0 Å². The first kappa shape index (κ1) is 16.7. The predicted octanol–water partition coefficient (Wildman–Crippen LogP) is 3.38. The zero-order valence-corrected chi connectivity index (χ0v) is 15.4. The minimum Gasteiger partial charge on any atom is -0.345 e. The van der Waals surface area contributed by atoms with E-state index in [1.807, 2.05) is 30.8 Å². The van der Waals surface area contributed by atoms with Crippen LogP contribution in [0, 0.1) is 13.8 Å². The van der Waals surface area contributed by atoms with Crippen LogP contribution in [0.5, 0.6) is 0 Å². The smallest absolute Gasteiger partial charge is 0.242 e. The maximum Gasteiger partial charge on any atom is 0.242 e. The molecule has 126 valence electrons. The second-order valence-electron chi connectivity index (χ2n) is 6.29. The molecule has 0 unspecified atom stereocenters. The molecule has 2 aromatic rings. The van der Waals surface area contributed by atoms with E-state index in [2.05, 4.69) is 9.71 Å². The molecule has 2 heterocycles. The van der Waals surface area contributed by atoms with Gasteiger partial charge in [-0.2, -0.15) is 0 Å². The van der Waals surface area contributed by atoms with Gasteiger partial charge in [0.1, 0.15) is 9.90 Å². The largest absolute Gasteiger partial charge is 0.345 e. The van der Waals surface area contributed by atoms with Crippen LogP contribution in [0.25, 0.3) is 10.7 Å². The third-order valence-corrected chi connectivity index (χ3v) is 7.16. The van der Waals surface area contributed by atoms with E-state index in [0.29, 0.717) is 4.90 Å². The van der Waals surface area contributed by atoms with Crippen LogP contribution < -0.4 is 4.72 Å². The van der Waals surface area contributed by atoms with Crippen LogP contribution in [0.3, 0.4) is 0 Å². The Morgan fingerprint density at radius 2 is 1.96 bits per heavy atom. The van der Waals surface area contributed by atoms with Crippen LogP contribution in [0.1, 0.15) is 43.5 Å². The van der Waals surface area contributed by atoms with Gasteiger partial charge in [-0.15, -0.1) is 11.3 Å². The van der Waals surface area contributed by atoms with Gasteiger partial charge in [0.2, 0.25) is 10.0 Å². The van der Waals surface area contributed by atoms with E-state index in [9.17, 15) is 8.42 Å². The number of aryl methyl sites for hydroxylation is 1. The molecule has 5 nitrogen and oxygen atoms in total. The summed E-state index contributed by atoms with van der Waals surface area (Å²) in [6.45, 7) is 3.79. The number of nitrogens with zero attached hydrogens (tertiary/aromatic N) is 2. The molecule has 1 N–H and O–H groups in total. The van der Waals surface area contributed by atoms with E-state index in [1.165, 1.54) is 17.8 Å². The molecule has 0 radical (unpaired) electrons. The number of sulfonamides is 1. The minimum atomic E-state index is -3.49. The lowest BCUT2D eigenvalue weighted by molar-refractivity contribution is 0.412. The van der Waals surface area contributed by atoms with E-state index < -0.39 is 10.0 Å². The fraction of sp³-hybridized carbons (Fsp3) is 0.562. The molecule has 1 aliphatic rings. The number of hydrogen-bond donors (Lipinski definition) is 1. The highest BCUT2D eigenvalue weighted by atomic mass is 32.2. The van der Waals surface area contributed by atoms with Gasteiger partial charge in [-0.25, -0.2) is 18.1 Å². The molecular formula is C16H23N3O2S2. The van der Waals surface area contributed by atoms with E-state index in [-0.39, 0.29) is 6.04 Å². The third kappa shape index (κ3) is 3.36. The quantitative estimate of drug-likeness (QED) is 0.916. The van der Waals surface area contributed by atoms with Crippen molar-refractivity contribution in [3.05, 3.63) is 22.8 Å². The maximum atomic E-state index is 12.8. The lowest BCUT2D eigenvalue weighted by atomic mass is 9.96.